The van der Waals surface area contributed by atoms with Crippen LogP contribution in [0.25, 0.3) is 0 Å². The zero-order valence-corrected chi connectivity index (χ0v) is 5.88. The summed E-state index contributed by atoms with van der Waals surface area (Å²) >= 11 is 0. The minimum Gasteiger partial charge on any atom is -0.399 e. The highest BCUT2D eigenvalue weighted by molar-refractivity contribution is 6.23. The summed E-state index contributed by atoms with van der Waals surface area (Å²) in [6.45, 7) is 6.95. The van der Waals surface area contributed by atoms with Crippen molar-refractivity contribution < 1.29 is 0 Å². The second-order valence-corrected chi connectivity index (χ2v) is 1.74. The maximum Gasteiger partial charge on any atom is 0.113 e. The second-order valence-electron chi connectivity index (χ2n) is 1.74. The third kappa shape index (κ3) is 3.78. The van der Waals surface area contributed by atoms with Gasteiger partial charge in [-0.1, -0.05) is 30.8 Å². The highest BCUT2D eigenvalue weighted by Gasteiger charge is 1.77. The molecule has 0 aliphatic heterocycles. The van der Waals surface area contributed by atoms with Crippen LogP contribution < -0.4 is 5.73 Å². The summed E-state index contributed by atoms with van der Waals surface area (Å²) in [7, 11) is 5.38. The largest absolute Gasteiger partial charge is 0.399 e. The Kier molecular flexibility index (Phi) is 4.13. The molecule has 0 aliphatic rings. The molecule has 10 heavy (non-hydrogen) atoms. The van der Waals surface area contributed by atoms with Crippen molar-refractivity contribution in [3.63, 3.8) is 0 Å². The molecule has 50 valence electrons. The van der Waals surface area contributed by atoms with Crippen molar-refractivity contribution in [2.75, 3.05) is 0 Å². The van der Waals surface area contributed by atoms with Gasteiger partial charge in [-0.3, -0.25) is 0 Å². The van der Waals surface area contributed by atoms with Crippen molar-refractivity contribution >= 4 is 7.85 Å². The van der Waals surface area contributed by atoms with Gasteiger partial charge in [0.05, 0.1) is 0 Å². The lowest BCUT2D eigenvalue weighted by Crippen LogP contribution is -1.90. The third-order valence-electron chi connectivity index (χ3n) is 0.940. The fourth-order valence-corrected chi connectivity index (χ4v) is 0.329. The molecule has 0 saturated heterocycles. The average Bonchev–Trinajstić information content (AvgIpc) is 1.99. The van der Waals surface area contributed by atoms with E-state index in [-0.39, 0.29) is 0 Å². The summed E-state index contributed by atoms with van der Waals surface area (Å²) in [5.41, 5.74) is 6.56. The first-order valence-electron chi connectivity index (χ1n) is 2.88. The topological polar surface area (TPSA) is 26.0 Å². The number of hydrogen-bond acceptors (Lipinski definition) is 1. The molecule has 0 saturated carbocycles. The van der Waals surface area contributed by atoms with Crippen LogP contribution >= 0.6 is 0 Å². The number of hydrogen-bond donors (Lipinski definition) is 1. The molecule has 0 amide bonds. The Balaban J connectivity index is 4.16. The highest BCUT2D eigenvalue weighted by atomic mass is 14.5. The summed E-state index contributed by atoms with van der Waals surface area (Å²) in [4.78, 5) is 0. The van der Waals surface area contributed by atoms with Crippen LogP contribution in [0, 0.1) is 0 Å². The van der Waals surface area contributed by atoms with E-state index in [9.17, 15) is 0 Å². The fourth-order valence-electron chi connectivity index (χ4n) is 0.329. The van der Waals surface area contributed by atoms with Gasteiger partial charge >= 0.3 is 0 Å². The summed E-state index contributed by atoms with van der Waals surface area (Å²) in [5, 5.41) is 0. The van der Waals surface area contributed by atoms with Crippen molar-refractivity contribution in [2.45, 2.75) is 0 Å². The minimum atomic E-state index is 0.588. The maximum atomic E-state index is 5.38. The standard InChI is InChI=1S/C8H10BN/c1-3-7(9)5-6-8(10)4-2/h3-6H,1-2,10H2/b7-5+,8-6+. The predicted molar refractivity (Wildman–Crippen MR) is 46.5 cm³/mol. The molecule has 2 heteroatoms. The van der Waals surface area contributed by atoms with E-state index < -0.39 is 0 Å². The van der Waals surface area contributed by atoms with E-state index in [1.165, 1.54) is 0 Å². The molecule has 0 aromatic rings. The Hall–Kier alpha value is -1.18. The lowest BCUT2D eigenvalue weighted by molar-refractivity contribution is 1.43. The van der Waals surface area contributed by atoms with Crippen molar-refractivity contribution in [1.29, 1.82) is 0 Å². The van der Waals surface area contributed by atoms with Gasteiger partial charge in [0.25, 0.3) is 0 Å². The van der Waals surface area contributed by atoms with Gasteiger partial charge in [0, 0.05) is 5.70 Å². The molecule has 0 aromatic heterocycles. The van der Waals surface area contributed by atoms with Crippen molar-refractivity contribution in [1.82, 2.24) is 0 Å². The van der Waals surface area contributed by atoms with Crippen LogP contribution in [0.5, 0.6) is 0 Å². The molecule has 0 bridgehead atoms. The zero-order valence-electron chi connectivity index (χ0n) is 5.88. The van der Waals surface area contributed by atoms with Crippen LogP contribution in [-0.4, -0.2) is 7.85 Å². The molecule has 0 atom stereocenters. The molecule has 0 rings (SSSR count). The van der Waals surface area contributed by atoms with Gasteiger partial charge in [-0.15, -0.1) is 0 Å². The predicted octanol–water partition coefficient (Wildman–Crippen LogP) is 1.25. The van der Waals surface area contributed by atoms with Gasteiger partial charge < -0.3 is 5.73 Å². The maximum absolute atomic E-state index is 5.38. The normalized spacial score (nSPS) is 12.8. The third-order valence-corrected chi connectivity index (χ3v) is 0.940. The quantitative estimate of drug-likeness (QED) is 0.452. The van der Waals surface area contributed by atoms with Gasteiger partial charge in [0.15, 0.2) is 0 Å². The molecule has 0 aromatic carbocycles. The van der Waals surface area contributed by atoms with Crippen molar-refractivity contribution in [3.05, 3.63) is 48.6 Å². The van der Waals surface area contributed by atoms with E-state index in [4.69, 9.17) is 13.6 Å². The van der Waals surface area contributed by atoms with Crippen molar-refractivity contribution in [3.8, 4) is 0 Å². The molecule has 2 N–H and O–H groups in total. The molecule has 2 radical (unpaired) electrons. The van der Waals surface area contributed by atoms with Crippen LogP contribution in [0.2, 0.25) is 0 Å². The van der Waals surface area contributed by atoms with Crippen LogP contribution in [0.15, 0.2) is 48.6 Å². The van der Waals surface area contributed by atoms with Gasteiger partial charge in [-0.2, -0.15) is 0 Å². The lowest BCUT2D eigenvalue weighted by atomic mass is 9.95. The van der Waals surface area contributed by atoms with Gasteiger partial charge in [0.1, 0.15) is 7.85 Å². The lowest BCUT2D eigenvalue weighted by Gasteiger charge is -1.88. The van der Waals surface area contributed by atoms with Crippen molar-refractivity contribution in [2.24, 2.45) is 5.73 Å². The summed E-state index contributed by atoms with van der Waals surface area (Å²) in [6.07, 6.45) is 6.44. The average molecular weight is 131 g/mol. The van der Waals surface area contributed by atoms with Crippen LogP contribution in [0.4, 0.5) is 0 Å². The Morgan fingerprint density at radius 3 is 2.20 bits per heavy atom. The van der Waals surface area contributed by atoms with E-state index in [2.05, 4.69) is 13.2 Å². The Bertz CT molecular complexity index is 167. The summed E-state index contributed by atoms with van der Waals surface area (Å²) < 4.78 is 0. The Morgan fingerprint density at radius 1 is 1.20 bits per heavy atom. The molecule has 0 fully saturated rings. The number of allylic oxidation sites excluding steroid dienone is 5. The van der Waals surface area contributed by atoms with Crippen LogP contribution in [0.3, 0.4) is 0 Å². The Morgan fingerprint density at radius 2 is 1.80 bits per heavy atom. The minimum absolute atomic E-state index is 0.588. The SMILES string of the molecule is [B]/C(C=C)=C/C=C(/N)C=C. The molecule has 1 nitrogen and oxygen atoms in total. The van der Waals surface area contributed by atoms with Crippen LogP contribution in [-0.2, 0) is 0 Å². The number of rotatable bonds is 3. The molecular formula is C8H10BN. The van der Waals surface area contributed by atoms with Crippen LogP contribution in [0.1, 0.15) is 0 Å². The summed E-state index contributed by atoms with van der Waals surface area (Å²) in [5.74, 6) is 0. The monoisotopic (exact) mass is 131 g/mol. The smallest absolute Gasteiger partial charge is 0.113 e. The van der Waals surface area contributed by atoms with E-state index in [1.807, 2.05) is 0 Å². The first-order valence-corrected chi connectivity index (χ1v) is 2.88. The number of nitrogens with two attached hydrogens (primary N) is 1. The van der Waals surface area contributed by atoms with E-state index >= 15 is 0 Å². The summed E-state index contributed by atoms with van der Waals surface area (Å²) in [6, 6.07) is 0. The fraction of sp³-hybridized carbons (Fsp3) is 0. The van der Waals surface area contributed by atoms with Gasteiger partial charge in [0.2, 0.25) is 0 Å². The Labute approximate surface area is 63.0 Å². The molecule has 0 heterocycles. The van der Waals surface area contributed by atoms with Gasteiger partial charge in [-0.05, 0) is 12.2 Å². The van der Waals surface area contributed by atoms with E-state index in [0.29, 0.717) is 11.2 Å². The first-order chi connectivity index (χ1) is 4.70. The molecule has 0 unspecified atom stereocenters. The zero-order chi connectivity index (χ0) is 7.98. The second kappa shape index (κ2) is 4.68. The molecule has 0 aliphatic carbocycles. The van der Waals surface area contributed by atoms with E-state index in [0.717, 1.165) is 0 Å². The molecule has 0 spiro atoms. The van der Waals surface area contributed by atoms with E-state index in [1.54, 1.807) is 24.3 Å². The molecular weight excluding hydrogens is 121 g/mol. The van der Waals surface area contributed by atoms with Gasteiger partial charge in [-0.25, -0.2) is 0 Å². The highest BCUT2D eigenvalue weighted by Crippen LogP contribution is 1.91. The first kappa shape index (κ1) is 8.82.